The molecule has 5 nitrogen and oxygen atoms in total. The molecule has 0 amide bonds. The molecule has 0 spiro atoms. The maximum absolute atomic E-state index is 9.16. The number of rotatable bonds is 4. The van der Waals surface area contributed by atoms with Gasteiger partial charge in [-0.05, 0) is 31.8 Å². The fourth-order valence-electron chi connectivity index (χ4n) is 2.00. The predicted molar refractivity (Wildman–Crippen MR) is 69.7 cm³/mol. The molecular formula is C11H19N3O2S. The highest BCUT2D eigenvalue weighted by molar-refractivity contribution is 7.11. The number of ether oxygens (including phenoxy) is 1. The van der Waals surface area contributed by atoms with E-state index in [1.807, 2.05) is 13.8 Å². The molecule has 96 valence electrons. The van der Waals surface area contributed by atoms with Crippen molar-refractivity contribution in [2.75, 3.05) is 30.3 Å². The predicted octanol–water partition coefficient (Wildman–Crippen LogP) is 1.33. The maximum atomic E-state index is 9.16. The lowest BCUT2D eigenvalue weighted by molar-refractivity contribution is 0.237. The molecule has 17 heavy (non-hydrogen) atoms. The van der Waals surface area contributed by atoms with Crippen LogP contribution in [0.3, 0.4) is 0 Å². The fourth-order valence-corrected chi connectivity index (χ4v) is 2.78. The molecule has 3 N–H and O–H groups in total. The Morgan fingerprint density at radius 2 is 2.41 bits per heavy atom. The van der Waals surface area contributed by atoms with Crippen molar-refractivity contribution >= 4 is 22.4 Å². The van der Waals surface area contributed by atoms with Crippen LogP contribution in [0.25, 0.3) is 0 Å². The summed E-state index contributed by atoms with van der Waals surface area (Å²) in [5.41, 5.74) is 5.82. The van der Waals surface area contributed by atoms with Crippen LogP contribution in [0.1, 0.15) is 20.3 Å². The topological polar surface area (TPSA) is 71.6 Å². The van der Waals surface area contributed by atoms with Gasteiger partial charge >= 0.3 is 0 Å². The summed E-state index contributed by atoms with van der Waals surface area (Å²) in [5.74, 6) is 1.51. The van der Waals surface area contributed by atoms with Gasteiger partial charge in [-0.2, -0.15) is 4.37 Å². The van der Waals surface area contributed by atoms with Crippen LogP contribution in [-0.2, 0) is 0 Å². The Balaban J connectivity index is 2.15. The van der Waals surface area contributed by atoms with E-state index in [-0.39, 0.29) is 12.7 Å². The summed E-state index contributed by atoms with van der Waals surface area (Å²) >= 11 is 1.37. The highest BCUT2D eigenvalue weighted by Crippen LogP contribution is 2.40. The van der Waals surface area contributed by atoms with Gasteiger partial charge in [0.15, 0.2) is 16.6 Å². The second kappa shape index (κ2) is 5.10. The molecule has 0 bridgehead atoms. The highest BCUT2D eigenvalue weighted by Gasteiger charge is 2.27. The third-order valence-corrected chi connectivity index (χ3v) is 3.75. The summed E-state index contributed by atoms with van der Waals surface area (Å²) in [6.45, 7) is 5.97. The van der Waals surface area contributed by atoms with Gasteiger partial charge in [0.05, 0.1) is 6.10 Å². The van der Waals surface area contributed by atoms with E-state index in [0.29, 0.717) is 17.5 Å². The third-order valence-electron chi connectivity index (χ3n) is 2.84. The molecule has 0 saturated carbocycles. The molecule has 1 saturated heterocycles. The van der Waals surface area contributed by atoms with Gasteiger partial charge in [-0.3, -0.25) is 0 Å². The van der Waals surface area contributed by atoms with E-state index in [4.69, 9.17) is 15.6 Å². The Kier molecular flexibility index (Phi) is 3.73. The van der Waals surface area contributed by atoms with E-state index >= 15 is 0 Å². The lowest BCUT2D eigenvalue weighted by Gasteiger charge is -2.19. The summed E-state index contributed by atoms with van der Waals surface area (Å²) in [7, 11) is 0. The van der Waals surface area contributed by atoms with Crippen LogP contribution < -0.4 is 15.4 Å². The van der Waals surface area contributed by atoms with E-state index in [0.717, 1.165) is 24.5 Å². The van der Waals surface area contributed by atoms with Crippen LogP contribution in [0.2, 0.25) is 0 Å². The minimum Gasteiger partial charge on any atom is -0.484 e. The molecule has 1 unspecified atom stereocenters. The molecular weight excluding hydrogens is 238 g/mol. The first kappa shape index (κ1) is 12.4. The number of aliphatic hydroxyl groups is 1. The number of hydrogen-bond donors (Lipinski definition) is 2. The van der Waals surface area contributed by atoms with Gasteiger partial charge in [0, 0.05) is 25.6 Å². The quantitative estimate of drug-likeness (QED) is 0.851. The van der Waals surface area contributed by atoms with Gasteiger partial charge in [-0.1, -0.05) is 0 Å². The summed E-state index contributed by atoms with van der Waals surface area (Å²) in [4.78, 5) is 2.20. The number of anilines is 2. The second-order valence-corrected chi connectivity index (χ2v) is 5.40. The lowest BCUT2D eigenvalue weighted by Crippen LogP contribution is -2.21. The van der Waals surface area contributed by atoms with Crippen molar-refractivity contribution < 1.29 is 9.84 Å². The minimum atomic E-state index is 0.0868. The molecule has 2 heterocycles. The molecule has 1 atom stereocenters. The number of nitrogens with zero attached hydrogens (tertiary/aromatic N) is 2. The van der Waals surface area contributed by atoms with E-state index in [9.17, 15) is 0 Å². The lowest BCUT2D eigenvalue weighted by atomic mass is 10.1. The summed E-state index contributed by atoms with van der Waals surface area (Å²) in [6.07, 6.45) is 1.10. The van der Waals surface area contributed by atoms with E-state index in [1.165, 1.54) is 11.5 Å². The number of aromatic nitrogens is 1. The summed E-state index contributed by atoms with van der Waals surface area (Å²) in [5, 5.41) is 10.1. The van der Waals surface area contributed by atoms with Crippen molar-refractivity contribution in [1.29, 1.82) is 0 Å². The van der Waals surface area contributed by atoms with Crippen LogP contribution in [0.15, 0.2) is 0 Å². The molecule has 2 rings (SSSR count). The van der Waals surface area contributed by atoms with Gasteiger partial charge in [-0.15, -0.1) is 0 Å². The molecule has 1 aliphatic heterocycles. The van der Waals surface area contributed by atoms with E-state index in [2.05, 4.69) is 9.27 Å². The van der Waals surface area contributed by atoms with Crippen LogP contribution in [0.4, 0.5) is 10.8 Å². The molecule has 0 aromatic carbocycles. The molecule has 1 aliphatic rings. The van der Waals surface area contributed by atoms with Gasteiger partial charge in [0.2, 0.25) is 0 Å². The SMILES string of the molecule is CC(C)Oc1c(N)nsc1N1CCC(CO)C1. The minimum absolute atomic E-state index is 0.0868. The normalized spacial score (nSPS) is 20.2. The Hall–Kier alpha value is -1.01. The molecule has 1 fully saturated rings. The number of hydrogen-bond acceptors (Lipinski definition) is 6. The van der Waals surface area contributed by atoms with Crippen molar-refractivity contribution in [3.63, 3.8) is 0 Å². The second-order valence-electron chi connectivity index (χ2n) is 4.65. The maximum Gasteiger partial charge on any atom is 0.198 e. The first-order valence-corrected chi connectivity index (χ1v) is 6.66. The number of aliphatic hydroxyl groups excluding tert-OH is 1. The summed E-state index contributed by atoms with van der Waals surface area (Å²) in [6, 6.07) is 0. The van der Waals surface area contributed by atoms with Crippen molar-refractivity contribution in [3.05, 3.63) is 0 Å². The van der Waals surface area contributed by atoms with E-state index in [1.54, 1.807) is 0 Å². The standard InChI is InChI=1S/C11H19N3O2S/c1-7(2)16-9-10(12)13-17-11(9)14-4-3-8(5-14)6-15/h7-8,15H,3-6H2,1-2H3,(H2,12,13). The smallest absolute Gasteiger partial charge is 0.198 e. The van der Waals surface area contributed by atoms with Crippen LogP contribution in [0, 0.1) is 5.92 Å². The van der Waals surface area contributed by atoms with Gasteiger partial charge < -0.3 is 20.5 Å². The fraction of sp³-hybridized carbons (Fsp3) is 0.727. The largest absolute Gasteiger partial charge is 0.484 e. The van der Waals surface area contributed by atoms with Crippen molar-refractivity contribution in [3.8, 4) is 5.75 Å². The zero-order valence-corrected chi connectivity index (χ0v) is 11.0. The molecule has 6 heteroatoms. The average molecular weight is 257 g/mol. The van der Waals surface area contributed by atoms with Gasteiger partial charge in [0.1, 0.15) is 0 Å². The Labute approximate surface area is 105 Å². The third kappa shape index (κ3) is 2.63. The van der Waals surface area contributed by atoms with Crippen LogP contribution in [-0.4, -0.2) is 35.3 Å². The van der Waals surface area contributed by atoms with Gasteiger partial charge in [-0.25, -0.2) is 0 Å². The molecule has 1 aromatic rings. The zero-order chi connectivity index (χ0) is 12.4. The molecule has 0 aliphatic carbocycles. The van der Waals surface area contributed by atoms with Crippen LogP contribution >= 0.6 is 11.5 Å². The summed E-state index contributed by atoms with van der Waals surface area (Å²) < 4.78 is 9.87. The Bertz CT molecular complexity index is 381. The van der Waals surface area contributed by atoms with Crippen LogP contribution in [0.5, 0.6) is 5.75 Å². The van der Waals surface area contributed by atoms with Crippen molar-refractivity contribution in [2.24, 2.45) is 5.92 Å². The number of nitrogens with two attached hydrogens (primary N) is 1. The zero-order valence-electron chi connectivity index (χ0n) is 10.2. The van der Waals surface area contributed by atoms with E-state index < -0.39 is 0 Å². The van der Waals surface area contributed by atoms with Gasteiger partial charge in [0.25, 0.3) is 0 Å². The van der Waals surface area contributed by atoms with Crippen molar-refractivity contribution in [2.45, 2.75) is 26.4 Å². The Morgan fingerprint density at radius 1 is 1.65 bits per heavy atom. The first-order chi connectivity index (χ1) is 8.11. The molecule has 0 radical (unpaired) electrons. The monoisotopic (exact) mass is 257 g/mol. The first-order valence-electron chi connectivity index (χ1n) is 5.89. The molecule has 1 aromatic heterocycles. The van der Waals surface area contributed by atoms with Crippen molar-refractivity contribution in [1.82, 2.24) is 4.37 Å². The number of nitrogen functional groups attached to an aromatic ring is 1. The average Bonchev–Trinajstić information content (AvgIpc) is 2.86. The Morgan fingerprint density at radius 3 is 3.00 bits per heavy atom. The highest BCUT2D eigenvalue weighted by atomic mass is 32.1.